The summed E-state index contributed by atoms with van der Waals surface area (Å²) in [5, 5.41) is 0. The highest BCUT2D eigenvalue weighted by Gasteiger charge is 2.40. The van der Waals surface area contributed by atoms with Gasteiger partial charge in [0.05, 0.1) is 0 Å². The van der Waals surface area contributed by atoms with Crippen LogP contribution in [0.5, 0.6) is 0 Å². The number of ether oxygens (including phenoxy) is 1. The Labute approximate surface area is 102 Å². The van der Waals surface area contributed by atoms with Crippen molar-refractivity contribution in [3.8, 4) is 0 Å². The largest absolute Gasteiger partial charge is 0.486 e. The highest BCUT2D eigenvalue weighted by molar-refractivity contribution is 5.94. The van der Waals surface area contributed by atoms with Crippen LogP contribution in [0.3, 0.4) is 0 Å². The Hall–Kier alpha value is -1.57. The van der Waals surface area contributed by atoms with Gasteiger partial charge in [-0.15, -0.1) is 0 Å². The lowest BCUT2D eigenvalue weighted by molar-refractivity contribution is -0.113. The van der Waals surface area contributed by atoms with Crippen molar-refractivity contribution in [2.75, 3.05) is 0 Å². The SMILES string of the molecule is CCC1(c2ccccc2)CC(C(C)=O)=C(C)O1. The van der Waals surface area contributed by atoms with E-state index in [1.165, 1.54) is 0 Å². The van der Waals surface area contributed by atoms with Crippen molar-refractivity contribution in [1.82, 2.24) is 0 Å². The second kappa shape index (κ2) is 4.36. The number of carbonyl (C=O) groups excluding carboxylic acids is 1. The van der Waals surface area contributed by atoms with E-state index in [4.69, 9.17) is 4.74 Å². The fourth-order valence-electron chi connectivity index (χ4n) is 2.48. The summed E-state index contributed by atoms with van der Waals surface area (Å²) in [4.78, 5) is 11.6. The minimum Gasteiger partial charge on any atom is -0.486 e. The average Bonchev–Trinajstić information content (AvgIpc) is 2.69. The lowest BCUT2D eigenvalue weighted by Crippen LogP contribution is -2.24. The Morgan fingerprint density at radius 3 is 2.47 bits per heavy atom. The minimum atomic E-state index is -0.341. The van der Waals surface area contributed by atoms with Crippen molar-refractivity contribution in [2.24, 2.45) is 0 Å². The number of rotatable bonds is 3. The molecule has 0 saturated carbocycles. The predicted molar refractivity (Wildman–Crippen MR) is 67.5 cm³/mol. The monoisotopic (exact) mass is 230 g/mol. The Kier molecular flexibility index (Phi) is 3.05. The summed E-state index contributed by atoms with van der Waals surface area (Å²) in [5.74, 6) is 0.900. The number of Topliss-reactive ketones (excluding diaryl/α,β-unsaturated/α-hetero) is 1. The molecule has 17 heavy (non-hydrogen) atoms. The highest BCUT2D eigenvalue weighted by atomic mass is 16.5. The third kappa shape index (κ3) is 1.99. The van der Waals surface area contributed by atoms with Crippen LogP contribution in [-0.2, 0) is 15.1 Å². The van der Waals surface area contributed by atoms with Gasteiger partial charge >= 0.3 is 0 Å². The van der Waals surface area contributed by atoms with Crippen LogP contribution in [0.15, 0.2) is 41.7 Å². The molecule has 1 aromatic carbocycles. The number of hydrogen-bond donors (Lipinski definition) is 0. The molecular formula is C15H18O2. The molecule has 0 radical (unpaired) electrons. The first-order valence-electron chi connectivity index (χ1n) is 6.04. The summed E-state index contributed by atoms with van der Waals surface area (Å²) in [7, 11) is 0. The van der Waals surface area contributed by atoms with Gasteiger partial charge in [-0.3, -0.25) is 4.79 Å². The van der Waals surface area contributed by atoms with Crippen molar-refractivity contribution < 1.29 is 9.53 Å². The lowest BCUT2D eigenvalue weighted by Gasteiger charge is -2.29. The van der Waals surface area contributed by atoms with Crippen LogP contribution < -0.4 is 0 Å². The van der Waals surface area contributed by atoms with E-state index in [-0.39, 0.29) is 11.4 Å². The molecule has 1 aliphatic rings. The summed E-state index contributed by atoms with van der Waals surface area (Å²) in [5.41, 5.74) is 1.64. The molecule has 1 unspecified atom stereocenters. The van der Waals surface area contributed by atoms with Crippen molar-refractivity contribution in [3.05, 3.63) is 47.2 Å². The third-order valence-corrected chi connectivity index (χ3v) is 3.53. The van der Waals surface area contributed by atoms with Crippen molar-refractivity contribution in [1.29, 1.82) is 0 Å². The molecule has 2 heteroatoms. The number of carbonyl (C=O) groups is 1. The van der Waals surface area contributed by atoms with Crippen LogP contribution in [0, 0.1) is 0 Å². The van der Waals surface area contributed by atoms with Crippen LogP contribution >= 0.6 is 0 Å². The van der Waals surface area contributed by atoms with Gasteiger partial charge < -0.3 is 4.74 Å². The number of benzene rings is 1. The quantitative estimate of drug-likeness (QED) is 0.793. The molecule has 0 aliphatic carbocycles. The van der Waals surface area contributed by atoms with Crippen LogP contribution in [-0.4, -0.2) is 5.78 Å². The van der Waals surface area contributed by atoms with Gasteiger partial charge in [-0.2, -0.15) is 0 Å². The zero-order valence-corrected chi connectivity index (χ0v) is 10.6. The van der Waals surface area contributed by atoms with Crippen LogP contribution in [0.2, 0.25) is 0 Å². The fraction of sp³-hybridized carbons (Fsp3) is 0.400. The Morgan fingerprint density at radius 2 is 2.00 bits per heavy atom. The molecule has 2 nitrogen and oxygen atoms in total. The van der Waals surface area contributed by atoms with Gasteiger partial charge in [0.2, 0.25) is 0 Å². The zero-order chi connectivity index (χ0) is 12.5. The van der Waals surface area contributed by atoms with Crippen LogP contribution in [0.4, 0.5) is 0 Å². The molecule has 2 rings (SSSR count). The van der Waals surface area contributed by atoms with E-state index in [0.717, 1.165) is 23.3 Å². The molecule has 1 heterocycles. The molecule has 1 aliphatic heterocycles. The van der Waals surface area contributed by atoms with Gasteiger partial charge in [0.15, 0.2) is 5.78 Å². The van der Waals surface area contributed by atoms with Gasteiger partial charge in [0, 0.05) is 12.0 Å². The zero-order valence-electron chi connectivity index (χ0n) is 10.6. The highest BCUT2D eigenvalue weighted by Crippen LogP contribution is 2.44. The molecule has 0 amide bonds. The maximum absolute atomic E-state index is 11.6. The predicted octanol–water partition coefficient (Wildman–Crippen LogP) is 3.58. The molecule has 90 valence electrons. The van der Waals surface area contributed by atoms with E-state index in [2.05, 4.69) is 19.1 Å². The normalized spacial score (nSPS) is 23.7. The lowest BCUT2D eigenvalue weighted by atomic mass is 9.85. The first-order valence-corrected chi connectivity index (χ1v) is 6.04. The number of hydrogen-bond acceptors (Lipinski definition) is 2. The van der Waals surface area contributed by atoms with E-state index in [1.54, 1.807) is 6.92 Å². The number of allylic oxidation sites excluding steroid dienone is 1. The molecule has 0 bridgehead atoms. The number of ketones is 1. The van der Waals surface area contributed by atoms with Crippen molar-refractivity contribution in [3.63, 3.8) is 0 Å². The topological polar surface area (TPSA) is 26.3 Å². The fourth-order valence-corrected chi connectivity index (χ4v) is 2.48. The second-order valence-corrected chi connectivity index (χ2v) is 4.58. The summed E-state index contributed by atoms with van der Waals surface area (Å²) in [6, 6.07) is 10.2. The maximum Gasteiger partial charge on any atom is 0.159 e. The van der Waals surface area contributed by atoms with Crippen molar-refractivity contribution >= 4 is 5.78 Å². The molecule has 0 fully saturated rings. The maximum atomic E-state index is 11.6. The summed E-state index contributed by atoms with van der Waals surface area (Å²) in [6.45, 7) is 5.60. The van der Waals surface area contributed by atoms with Crippen molar-refractivity contribution in [2.45, 2.75) is 39.2 Å². The van der Waals surface area contributed by atoms with E-state index in [1.807, 2.05) is 25.1 Å². The van der Waals surface area contributed by atoms with Gasteiger partial charge in [0.1, 0.15) is 11.4 Å². The summed E-state index contributed by atoms with van der Waals surface area (Å²) in [6.07, 6.45) is 1.56. The first-order chi connectivity index (χ1) is 8.09. The summed E-state index contributed by atoms with van der Waals surface area (Å²) < 4.78 is 6.02. The van der Waals surface area contributed by atoms with E-state index in [9.17, 15) is 4.79 Å². The van der Waals surface area contributed by atoms with E-state index < -0.39 is 0 Å². The Bertz CT molecular complexity index is 459. The second-order valence-electron chi connectivity index (χ2n) is 4.58. The van der Waals surface area contributed by atoms with E-state index >= 15 is 0 Å². The molecule has 0 aromatic heterocycles. The van der Waals surface area contributed by atoms with Gasteiger partial charge in [-0.05, 0) is 25.8 Å². The van der Waals surface area contributed by atoms with Gasteiger partial charge in [0.25, 0.3) is 0 Å². The smallest absolute Gasteiger partial charge is 0.159 e. The van der Waals surface area contributed by atoms with Crippen LogP contribution in [0.25, 0.3) is 0 Å². The molecule has 0 spiro atoms. The molecular weight excluding hydrogens is 212 g/mol. The van der Waals surface area contributed by atoms with Crippen LogP contribution in [0.1, 0.15) is 39.2 Å². The molecule has 0 saturated heterocycles. The molecule has 1 aromatic rings. The Balaban J connectivity index is 2.36. The van der Waals surface area contributed by atoms with E-state index in [0.29, 0.717) is 6.42 Å². The standard InChI is InChI=1S/C15H18O2/c1-4-15(13-8-6-5-7-9-13)10-14(11(2)16)12(3)17-15/h5-9H,4,10H2,1-3H3. The molecule has 1 atom stereocenters. The first kappa shape index (κ1) is 11.9. The van der Waals surface area contributed by atoms with Gasteiger partial charge in [-0.1, -0.05) is 37.3 Å². The third-order valence-electron chi connectivity index (χ3n) is 3.53. The minimum absolute atomic E-state index is 0.119. The molecule has 0 N–H and O–H groups in total. The Morgan fingerprint density at radius 1 is 1.35 bits per heavy atom. The van der Waals surface area contributed by atoms with Gasteiger partial charge in [-0.25, -0.2) is 0 Å². The summed E-state index contributed by atoms with van der Waals surface area (Å²) >= 11 is 0. The average molecular weight is 230 g/mol.